The van der Waals surface area contributed by atoms with E-state index in [0.29, 0.717) is 9.90 Å². The van der Waals surface area contributed by atoms with Gasteiger partial charge in [-0.05, 0) is 51.9 Å². The van der Waals surface area contributed by atoms with E-state index < -0.39 is 0 Å². The third-order valence-corrected chi connectivity index (χ3v) is 6.38. The molecule has 5 aromatic rings. The van der Waals surface area contributed by atoms with Gasteiger partial charge in [-0.2, -0.15) is 0 Å². The lowest BCUT2D eigenvalue weighted by atomic mass is 10.0. The van der Waals surface area contributed by atoms with Crippen molar-refractivity contribution >= 4 is 66.2 Å². The van der Waals surface area contributed by atoms with Crippen molar-refractivity contribution in [1.29, 1.82) is 0 Å². The Morgan fingerprint density at radius 3 is 2.22 bits per heavy atom. The summed E-state index contributed by atoms with van der Waals surface area (Å²) in [6.45, 7) is 0. The lowest BCUT2D eigenvalue weighted by Gasteiger charge is -2.07. The van der Waals surface area contributed by atoms with Crippen LogP contribution >= 0.6 is 22.9 Å². The van der Waals surface area contributed by atoms with Gasteiger partial charge in [-0.1, -0.05) is 60.1 Å². The van der Waals surface area contributed by atoms with Crippen LogP contribution in [0.5, 0.6) is 0 Å². The lowest BCUT2D eigenvalue weighted by Crippen LogP contribution is -2.10. The van der Waals surface area contributed by atoms with E-state index in [0.717, 1.165) is 26.5 Å². The first-order chi connectivity index (χ1) is 13.2. The topological polar surface area (TPSA) is 29.1 Å². The van der Waals surface area contributed by atoms with Crippen LogP contribution in [-0.4, -0.2) is 5.91 Å². The van der Waals surface area contributed by atoms with Gasteiger partial charge in [0.05, 0.1) is 5.02 Å². The van der Waals surface area contributed by atoms with Gasteiger partial charge in [0.25, 0.3) is 5.91 Å². The number of nitrogens with one attached hydrogen (secondary N) is 1. The number of hydrogen-bond donors (Lipinski definition) is 1. The Labute approximate surface area is 165 Å². The average Bonchev–Trinajstić information content (AvgIpc) is 3.03. The summed E-state index contributed by atoms with van der Waals surface area (Å²) in [7, 11) is 0. The van der Waals surface area contributed by atoms with Crippen molar-refractivity contribution in [3.05, 3.63) is 88.8 Å². The van der Waals surface area contributed by atoms with Gasteiger partial charge >= 0.3 is 0 Å². The van der Waals surface area contributed by atoms with Gasteiger partial charge in [0.1, 0.15) is 4.88 Å². The van der Waals surface area contributed by atoms with E-state index in [1.165, 1.54) is 22.1 Å². The fourth-order valence-electron chi connectivity index (χ4n) is 3.37. The second-order valence-electron chi connectivity index (χ2n) is 6.46. The summed E-state index contributed by atoms with van der Waals surface area (Å²) in [4.78, 5) is 13.3. The van der Waals surface area contributed by atoms with Gasteiger partial charge in [0.2, 0.25) is 0 Å². The monoisotopic (exact) mass is 387 g/mol. The highest BCUT2D eigenvalue weighted by Crippen LogP contribution is 2.35. The number of thiophene rings is 1. The third kappa shape index (κ3) is 2.85. The number of rotatable bonds is 2. The van der Waals surface area contributed by atoms with Gasteiger partial charge in [-0.15, -0.1) is 11.3 Å². The van der Waals surface area contributed by atoms with Gasteiger partial charge < -0.3 is 5.32 Å². The molecule has 130 valence electrons. The smallest absolute Gasteiger partial charge is 0.267 e. The van der Waals surface area contributed by atoms with Crippen LogP contribution in [0.4, 0.5) is 5.69 Å². The molecule has 0 saturated heterocycles. The predicted octanol–water partition coefficient (Wildman–Crippen LogP) is 7.11. The molecule has 0 aliphatic carbocycles. The summed E-state index contributed by atoms with van der Waals surface area (Å²) in [6.07, 6.45) is 0. The number of benzene rings is 4. The molecule has 1 N–H and O–H groups in total. The minimum atomic E-state index is -0.179. The normalized spacial score (nSPS) is 11.3. The van der Waals surface area contributed by atoms with Gasteiger partial charge in [0, 0.05) is 15.8 Å². The van der Waals surface area contributed by atoms with E-state index in [2.05, 4.69) is 29.6 Å². The molecule has 0 saturated carbocycles. The minimum Gasteiger partial charge on any atom is -0.321 e. The first kappa shape index (κ1) is 16.3. The fourth-order valence-corrected chi connectivity index (χ4v) is 4.78. The Morgan fingerprint density at radius 1 is 0.778 bits per heavy atom. The Hall–Kier alpha value is -2.88. The minimum absolute atomic E-state index is 0.179. The lowest BCUT2D eigenvalue weighted by molar-refractivity contribution is 0.103. The van der Waals surface area contributed by atoms with E-state index in [-0.39, 0.29) is 5.91 Å². The van der Waals surface area contributed by atoms with Crippen molar-refractivity contribution in [2.75, 3.05) is 5.32 Å². The second-order valence-corrected chi connectivity index (χ2v) is 7.89. The molecule has 2 nitrogen and oxygen atoms in total. The summed E-state index contributed by atoms with van der Waals surface area (Å²) < 4.78 is 1.01. The maximum atomic E-state index is 12.8. The Kier molecular flexibility index (Phi) is 3.85. The van der Waals surface area contributed by atoms with E-state index in [1.807, 2.05) is 54.6 Å². The zero-order valence-electron chi connectivity index (χ0n) is 14.2. The third-order valence-electron chi connectivity index (χ3n) is 4.70. The summed E-state index contributed by atoms with van der Waals surface area (Å²) in [6, 6.07) is 26.3. The molecule has 1 amide bonds. The van der Waals surface area contributed by atoms with Gasteiger partial charge in [-0.25, -0.2) is 0 Å². The van der Waals surface area contributed by atoms with Crippen molar-refractivity contribution in [2.24, 2.45) is 0 Å². The van der Waals surface area contributed by atoms with Crippen molar-refractivity contribution in [1.82, 2.24) is 0 Å². The highest BCUT2D eigenvalue weighted by atomic mass is 35.5. The summed E-state index contributed by atoms with van der Waals surface area (Å²) in [5.41, 5.74) is 0.760. The summed E-state index contributed by atoms with van der Waals surface area (Å²) in [5.74, 6) is -0.179. The van der Waals surface area contributed by atoms with Crippen LogP contribution in [0.25, 0.3) is 31.6 Å². The number of amides is 1. The molecule has 0 spiro atoms. The molecule has 1 heterocycles. The van der Waals surface area contributed by atoms with Crippen molar-refractivity contribution in [3.63, 3.8) is 0 Å². The molecule has 0 unspecified atom stereocenters. The van der Waals surface area contributed by atoms with E-state index in [9.17, 15) is 4.79 Å². The van der Waals surface area contributed by atoms with Crippen molar-refractivity contribution < 1.29 is 4.79 Å². The Bertz CT molecular complexity index is 1340. The number of carbonyl (C=O) groups is 1. The first-order valence-electron chi connectivity index (χ1n) is 8.60. The first-order valence-corrected chi connectivity index (χ1v) is 9.79. The molecule has 0 fully saturated rings. The summed E-state index contributed by atoms with van der Waals surface area (Å²) >= 11 is 7.84. The van der Waals surface area contributed by atoms with Crippen molar-refractivity contribution in [2.45, 2.75) is 0 Å². The van der Waals surface area contributed by atoms with Crippen molar-refractivity contribution in [3.8, 4) is 0 Å². The summed E-state index contributed by atoms with van der Waals surface area (Å²) in [5, 5.41) is 9.04. The number of carbonyl (C=O) groups excluding carboxylic acids is 1. The molecule has 0 radical (unpaired) electrons. The molecular formula is C23H14ClNOS. The molecule has 5 rings (SSSR count). The zero-order chi connectivity index (χ0) is 18.4. The standard InChI is InChI=1S/C23H14ClNOS/c24-21-19-7-3-4-8-20(19)27-22(21)23(26)25-18-10-9-16-11-14-5-1-2-6-15(14)12-17(16)13-18/h1-13H,(H,25,26). The van der Waals surface area contributed by atoms with Crippen LogP contribution in [0.15, 0.2) is 78.9 Å². The maximum absolute atomic E-state index is 12.8. The SMILES string of the molecule is O=C(Nc1ccc2cc3ccccc3cc2c1)c1sc2ccccc2c1Cl. The molecule has 4 heteroatoms. The second kappa shape index (κ2) is 6.38. The highest BCUT2D eigenvalue weighted by Gasteiger charge is 2.17. The molecular weight excluding hydrogens is 374 g/mol. The Morgan fingerprint density at radius 2 is 1.44 bits per heavy atom. The van der Waals surface area contributed by atoms with Crippen LogP contribution in [0.2, 0.25) is 5.02 Å². The zero-order valence-corrected chi connectivity index (χ0v) is 15.8. The van der Waals surface area contributed by atoms with Crippen LogP contribution in [0.3, 0.4) is 0 Å². The van der Waals surface area contributed by atoms with E-state index in [1.54, 1.807) is 0 Å². The Balaban J connectivity index is 1.52. The largest absolute Gasteiger partial charge is 0.321 e. The maximum Gasteiger partial charge on any atom is 0.267 e. The molecule has 0 atom stereocenters. The van der Waals surface area contributed by atoms with E-state index >= 15 is 0 Å². The van der Waals surface area contributed by atoms with Crippen LogP contribution in [0.1, 0.15) is 9.67 Å². The number of hydrogen-bond acceptors (Lipinski definition) is 2. The van der Waals surface area contributed by atoms with Crippen LogP contribution in [0, 0.1) is 0 Å². The molecule has 27 heavy (non-hydrogen) atoms. The molecule has 1 aromatic heterocycles. The van der Waals surface area contributed by atoms with Gasteiger partial charge in [-0.3, -0.25) is 4.79 Å². The molecule has 0 bridgehead atoms. The fraction of sp³-hybridized carbons (Fsp3) is 0. The molecule has 0 aliphatic rings. The average molecular weight is 388 g/mol. The number of anilines is 1. The van der Waals surface area contributed by atoms with Crippen LogP contribution in [-0.2, 0) is 0 Å². The van der Waals surface area contributed by atoms with Gasteiger partial charge in [0.15, 0.2) is 0 Å². The molecule has 4 aromatic carbocycles. The number of halogens is 1. The number of fused-ring (bicyclic) bond motifs is 3. The predicted molar refractivity (Wildman–Crippen MR) is 116 cm³/mol. The highest BCUT2D eigenvalue weighted by molar-refractivity contribution is 7.21. The quantitative estimate of drug-likeness (QED) is 0.321. The van der Waals surface area contributed by atoms with E-state index in [4.69, 9.17) is 11.6 Å². The van der Waals surface area contributed by atoms with Crippen LogP contribution < -0.4 is 5.32 Å². The molecule has 0 aliphatic heterocycles.